The minimum Gasteiger partial charge on any atom is -0.494 e. The number of nitrogens with one attached hydrogen (secondary N) is 1. The van der Waals surface area contributed by atoms with Crippen molar-refractivity contribution in [2.45, 2.75) is 31.1 Å². The molecule has 0 saturated heterocycles. The van der Waals surface area contributed by atoms with E-state index in [2.05, 4.69) is 5.32 Å². The van der Waals surface area contributed by atoms with Crippen LogP contribution < -0.4 is 10.1 Å². The molecule has 0 bridgehead atoms. The van der Waals surface area contributed by atoms with Crippen LogP contribution in [0.2, 0.25) is 5.02 Å². The number of halogens is 2. The topological polar surface area (TPSA) is 38.3 Å². The van der Waals surface area contributed by atoms with Crippen LogP contribution in [0.25, 0.3) is 0 Å². The van der Waals surface area contributed by atoms with Gasteiger partial charge in [0.25, 0.3) is 0 Å². The molecule has 3 nitrogen and oxygen atoms in total. The third-order valence-electron chi connectivity index (χ3n) is 4.50. The molecule has 2 aromatic carbocycles. The molecule has 1 aliphatic rings. The van der Waals surface area contributed by atoms with E-state index in [0.717, 1.165) is 31.2 Å². The summed E-state index contributed by atoms with van der Waals surface area (Å²) in [6.07, 6.45) is 3.39. The average molecular weight is 362 g/mol. The smallest absolute Gasteiger partial charge is 0.230 e. The molecular weight excluding hydrogens is 341 g/mol. The Bertz CT molecular complexity index is 729. The highest BCUT2D eigenvalue weighted by Gasteiger charge is 2.51. The normalized spacial score (nSPS) is 14.8. The van der Waals surface area contributed by atoms with Gasteiger partial charge in [0.15, 0.2) is 0 Å². The molecular formula is C20H21ClFNO2. The third-order valence-corrected chi connectivity index (χ3v) is 4.74. The largest absolute Gasteiger partial charge is 0.494 e. The number of hydrogen-bond donors (Lipinski definition) is 1. The van der Waals surface area contributed by atoms with Crippen molar-refractivity contribution in [3.05, 3.63) is 64.9 Å². The Morgan fingerprint density at radius 1 is 1.16 bits per heavy atom. The van der Waals surface area contributed by atoms with Gasteiger partial charge in [-0.15, -0.1) is 0 Å². The number of carbonyl (C=O) groups is 1. The van der Waals surface area contributed by atoms with Crippen LogP contribution in [-0.2, 0) is 10.2 Å². The molecule has 0 radical (unpaired) electrons. The molecule has 0 heterocycles. The first kappa shape index (κ1) is 17.7. The number of carbonyl (C=O) groups excluding carboxylic acids is 1. The van der Waals surface area contributed by atoms with Gasteiger partial charge in [-0.25, -0.2) is 4.39 Å². The second-order valence-corrected chi connectivity index (χ2v) is 6.79. The van der Waals surface area contributed by atoms with Gasteiger partial charge in [-0.1, -0.05) is 23.7 Å². The van der Waals surface area contributed by atoms with Gasteiger partial charge < -0.3 is 10.1 Å². The lowest BCUT2D eigenvalue weighted by atomic mass is 9.95. The summed E-state index contributed by atoms with van der Waals surface area (Å²) in [4.78, 5) is 12.5. The summed E-state index contributed by atoms with van der Waals surface area (Å²) in [5.41, 5.74) is 0.604. The second-order valence-electron chi connectivity index (χ2n) is 6.36. The van der Waals surface area contributed by atoms with E-state index in [-0.39, 0.29) is 11.7 Å². The monoisotopic (exact) mass is 361 g/mol. The number of hydrogen-bond acceptors (Lipinski definition) is 2. The molecule has 1 fully saturated rings. The zero-order valence-electron chi connectivity index (χ0n) is 13.9. The van der Waals surface area contributed by atoms with E-state index in [1.807, 2.05) is 24.3 Å². The summed E-state index contributed by atoms with van der Waals surface area (Å²) >= 11 is 6.04. The highest BCUT2D eigenvalue weighted by atomic mass is 35.5. The maximum atomic E-state index is 12.8. The molecule has 1 N–H and O–H groups in total. The number of benzene rings is 2. The predicted molar refractivity (Wildman–Crippen MR) is 96.5 cm³/mol. The van der Waals surface area contributed by atoms with Crippen LogP contribution >= 0.6 is 11.6 Å². The average Bonchev–Trinajstić information content (AvgIpc) is 3.41. The first-order chi connectivity index (χ1) is 12.1. The molecule has 0 aromatic heterocycles. The van der Waals surface area contributed by atoms with E-state index in [9.17, 15) is 9.18 Å². The van der Waals surface area contributed by atoms with E-state index in [4.69, 9.17) is 16.3 Å². The van der Waals surface area contributed by atoms with Crippen LogP contribution in [0.3, 0.4) is 0 Å². The van der Waals surface area contributed by atoms with Crippen molar-refractivity contribution in [1.29, 1.82) is 0 Å². The van der Waals surface area contributed by atoms with Gasteiger partial charge in [-0.2, -0.15) is 0 Å². The molecule has 132 valence electrons. The van der Waals surface area contributed by atoms with E-state index >= 15 is 0 Å². The van der Waals surface area contributed by atoms with Crippen molar-refractivity contribution in [2.75, 3.05) is 13.2 Å². The standard InChI is InChI=1S/C20H21ClFNO2/c21-16-5-3-4-15(14-16)20(10-11-20)19(24)23-12-1-2-13-25-18-8-6-17(22)7-9-18/h3-9,14H,1-2,10-13H2,(H,23,24). The quantitative estimate of drug-likeness (QED) is 0.704. The summed E-state index contributed by atoms with van der Waals surface area (Å²) in [6, 6.07) is 13.5. The zero-order valence-corrected chi connectivity index (χ0v) is 14.7. The van der Waals surface area contributed by atoms with Crippen molar-refractivity contribution < 1.29 is 13.9 Å². The fourth-order valence-corrected chi connectivity index (χ4v) is 3.07. The van der Waals surface area contributed by atoms with Gasteiger partial charge in [0.05, 0.1) is 12.0 Å². The lowest BCUT2D eigenvalue weighted by Crippen LogP contribution is -2.35. The van der Waals surface area contributed by atoms with Crippen LogP contribution in [0.15, 0.2) is 48.5 Å². The third kappa shape index (κ3) is 4.51. The molecule has 25 heavy (non-hydrogen) atoms. The van der Waals surface area contributed by atoms with Crippen molar-refractivity contribution in [1.82, 2.24) is 5.32 Å². The summed E-state index contributed by atoms with van der Waals surface area (Å²) in [6.45, 7) is 1.16. The van der Waals surface area contributed by atoms with E-state index in [1.54, 1.807) is 12.1 Å². The highest BCUT2D eigenvalue weighted by Crippen LogP contribution is 2.48. The Labute approximate surface area is 152 Å². The molecule has 0 aliphatic heterocycles. The molecule has 0 spiro atoms. The number of amides is 1. The molecule has 2 aromatic rings. The molecule has 1 saturated carbocycles. The summed E-state index contributed by atoms with van der Waals surface area (Å²) in [5, 5.41) is 3.68. The first-order valence-corrected chi connectivity index (χ1v) is 8.91. The Morgan fingerprint density at radius 2 is 1.92 bits per heavy atom. The lowest BCUT2D eigenvalue weighted by molar-refractivity contribution is -0.123. The zero-order chi connectivity index (χ0) is 17.7. The van der Waals surface area contributed by atoms with Gasteiger partial charge >= 0.3 is 0 Å². The van der Waals surface area contributed by atoms with Gasteiger partial charge in [0, 0.05) is 11.6 Å². The van der Waals surface area contributed by atoms with Crippen LogP contribution in [-0.4, -0.2) is 19.1 Å². The minimum atomic E-state index is -0.393. The maximum absolute atomic E-state index is 12.8. The predicted octanol–water partition coefficient (Wildman–Crippen LogP) is 4.49. The van der Waals surface area contributed by atoms with Crippen LogP contribution in [0.5, 0.6) is 5.75 Å². The summed E-state index contributed by atoms with van der Waals surface area (Å²) in [5.74, 6) is 0.460. The molecule has 1 amide bonds. The SMILES string of the molecule is O=C(NCCCCOc1ccc(F)cc1)C1(c2cccc(Cl)c2)CC1. The van der Waals surface area contributed by atoms with E-state index in [0.29, 0.717) is 23.9 Å². The van der Waals surface area contributed by atoms with Crippen LogP contribution in [0.4, 0.5) is 4.39 Å². The fraction of sp³-hybridized carbons (Fsp3) is 0.350. The van der Waals surface area contributed by atoms with Gasteiger partial charge in [0.2, 0.25) is 5.91 Å². The second kappa shape index (κ2) is 7.87. The van der Waals surface area contributed by atoms with Crippen molar-refractivity contribution in [3.63, 3.8) is 0 Å². The Morgan fingerprint density at radius 3 is 2.60 bits per heavy atom. The molecule has 5 heteroatoms. The Balaban J connectivity index is 1.37. The molecule has 1 aliphatic carbocycles. The number of rotatable bonds is 8. The molecule has 0 unspecified atom stereocenters. The van der Waals surface area contributed by atoms with Crippen LogP contribution in [0.1, 0.15) is 31.2 Å². The first-order valence-electron chi connectivity index (χ1n) is 8.53. The van der Waals surface area contributed by atoms with Crippen molar-refractivity contribution in [2.24, 2.45) is 0 Å². The van der Waals surface area contributed by atoms with E-state index < -0.39 is 5.41 Å². The Hall–Kier alpha value is -2.07. The number of unbranched alkanes of at least 4 members (excludes halogenated alkanes) is 1. The highest BCUT2D eigenvalue weighted by molar-refractivity contribution is 6.30. The molecule has 0 atom stereocenters. The summed E-state index contributed by atoms with van der Waals surface area (Å²) < 4.78 is 18.3. The van der Waals surface area contributed by atoms with E-state index in [1.165, 1.54) is 12.1 Å². The van der Waals surface area contributed by atoms with Gasteiger partial charge in [0.1, 0.15) is 11.6 Å². The maximum Gasteiger partial charge on any atom is 0.230 e. The number of ether oxygens (including phenoxy) is 1. The lowest BCUT2D eigenvalue weighted by Gasteiger charge is -2.16. The fourth-order valence-electron chi connectivity index (χ4n) is 2.88. The minimum absolute atomic E-state index is 0.0780. The molecule has 3 rings (SSSR count). The van der Waals surface area contributed by atoms with Crippen LogP contribution in [0, 0.1) is 5.82 Å². The Kier molecular flexibility index (Phi) is 5.59. The summed E-state index contributed by atoms with van der Waals surface area (Å²) in [7, 11) is 0. The van der Waals surface area contributed by atoms with Gasteiger partial charge in [-0.3, -0.25) is 4.79 Å². The van der Waals surface area contributed by atoms with Crippen molar-refractivity contribution >= 4 is 17.5 Å². The van der Waals surface area contributed by atoms with Gasteiger partial charge in [-0.05, 0) is 67.6 Å². The van der Waals surface area contributed by atoms with Crippen molar-refractivity contribution in [3.8, 4) is 5.75 Å².